The van der Waals surface area contributed by atoms with Gasteiger partial charge in [-0.15, -0.1) is 11.3 Å². The SMILES string of the molecule is CC(Nc1cc(F)c(F)c(F)c1)c1csc(Cl)c1. The van der Waals surface area contributed by atoms with Gasteiger partial charge in [-0.25, -0.2) is 13.2 Å². The first kappa shape index (κ1) is 13.2. The summed E-state index contributed by atoms with van der Waals surface area (Å²) >= 11 is 7.17. The number of halogens is 4. The molecule has 0 aliphatic rings. The Morgan fingerprint density at radius 2 is 1.78 bits per heavy atom. The topological polar surface area (TPSA) is 12.0 Å². The maximum atomic E-state index is 13.0. The lowest BCUT2D eigenvalue weighted by Crippen LogP contribution is -2.06. The Kier molecular flexibility index (Phi) is 3.82. The minimum atomic E-state index is -1.47. The van der Waals surface area contributed by atoms with E-state index in [-0.39, 0.29) is 11.7 Å². The zero-order chi connectivity index (χ0) is 13.3. The Bertz CT molecular complexity index is 547. The third-order valence-electron chi connectivity index (χ3n) is 2.45. The smallest absolute Gasteiger partial charge is 0.194 e. The Morgan fingerprint density at radius 1 is 1.17 bits per heavy atom. The van der Waals surface area contributed by atoms with Crippen LogP contribution >= 0.6 is 22.9 Å². The first-order chi connectivity index (χ1) is 8.47. The summed E-state index contributed by atoms with van der Waals surface area (Å²) in [5, 5.41) is 4.73. The summed E-state index contributed by atoms with van der Waals surface area (Å²) < 4.78 is 39.5. The molecule has 96 valence electrons. The Labute approximate surface area is 111 Å². The molecule has 0 amide bonds. The molecule has 1 aromatic carbocycles. The number of hydrogen-bond donors (Lipinski definition) is 1. The van der Waals surface area contributed by atoms with Gasteiger partial charge in [0.25, 0.3) is 0 Å². The van der Waals surface area contributed by atoms with Crippen molar-refractivity contribution in [1.82, 2.24) is 0 Å². The highest BCUT2D eigenvalue weighted by atomic mass is 35.5. The minimum Gasteiger partial charge on any atom is -0.378 e. The van der Waals surface area contributed by atoms with Crippen LogP contribution in [0.4, 0.5) is 18.9 Å². The molecule has 0 fully saturated rings. The van der Waals surface area contributed by atoms with Crippen molar-refractivity contribution in [2.75, 3.05) is 5.32 Å². The molecule has 0 saturated carbocycles. The van der Waals surface area contributed by atoms with E-state index in [1.165, 1.54) is 11.3 Å². The Hall–Kier alpha value is -1.20. The number of nitrogens with one attached hydrogen (secondary N) is 1. The van der Waals surface area contributed by atoms with E-state index in [4.69, 9.17) is 11.6 Å². The van der Waals surface area contributed by atoms with E-state index in [0.717, 1.165) is 17.7 Å². The summed E-state index contributed by atoms with van der Waals surface area (Å²) in [5.41, 5.74) is 1.08. The first-order valence-corrected chi connectivity index (χ1v) is 6.38. The van der Waals surface area contributed by atoms with Gasteiger partial charge in [0, 0.05) is 23.9 Å². The largest absolute Gasteiger partial charge is 0.378 e. The molecule has 1 unspecified atom stereocenters. The van der Waals surface area contributed by atoms with Crippen molar-refractivity contribution in [2.24, 2.45) is 0 Å². The van der Waals surface area contributed by atoms with Gasteiger partial charge in [0.15, 0.2) is 17.5 Å². The third kappa shape index (κ3) is 2.79. The maximum Gasteiger partial charge on any atom is 0.194 e. The van der Waals surface area contributed by atoms with Crippen molar-refractivity contribution in [3.63, 3.8) is 0 Å². The Balaban J connectivity index is 2.19. The van der Waals surface area contributed by atoms with E-state index >= 15 is 0 Å². The monoisotopic (exact) mass is 291 g/mol. The number of benzene rings is 1. The molecule has 0 spiro atoms. The number of thiophene rings is 1. The maximum absolute atomic E-state index is 13.0. The molecule has 2 aromatic rings. The minimum absolute atomic E-state index is 0.182. The van der Waals surface area contributed by atoms with Crippen LogP contribution in [0.3, 0.4) is 0 Å². The fourth-order valence-electron chi connectivity index (χ4n) is 1.52. The molecule has 1 heterocycles. The quantitative estimate of drug-likeness (QED) is 0.785. The molecule has 18 heavy (non-hydrogen) atoms. The van der Waals surface area contributed by atoms with Gasteiger partial charge in [-0.3, -0.25) is 0 Å². The highest BCUT2D eigenvalue weighted by Gasteiger charge is 2.13. The van der Waals surface area contributed by atoms with Crippen molar-refractivity contribution >= 4 is 28.6 Å². The van der Waals surface area contributed by atoms with Crippen molar-refractivity contribution < 1.29 is 13.2 Å². The molecule has 1 N–H and O–H groups in total. The molecular weight excluding hydrogens is 283 g/mol. The van der Waals surface area contributed by atoms with E-state index < -0.39 is 17.5 Å². The molecule has 1 aromatic heterocycles. The average molecular weight is 292 g/mol. The van der Waals surface area contributed by atoms with Crippen LogP contribution in [0, 0.1) is 17.5 Å². The lowest BCUT2D eigenvalue weighted by atomic mass is 10.1. The van der Waals surface area contributed by atoms with Gasteiger partial charge in [0.2, 0.25) is 0 Å². The summed E-state index contributed by atoms with van der Waals surface area (Å²) in [4.78, 5) is 0. The molecule has 0 radical (unpaired) electrons. The normalized spacial score (nSPS) is 12.5. The predicted octanol–water partition coefficient (Wildman–Crippen LogP) is 4.99. The predicted molar refractivity (Wildman–Crippen MR) is 67.7 cm³/mol. The van der Waals surface area contributed by atoms with Gasteiger partial charge < -0.3 is 5.32 Å². The van der Waals surface area contributed by atoms with E-state index in [1.807, 2.05) is 12.3 Å². The van der Waals surface area contributed by atoms with E-state index in [0.29, 0.717) is 4.34 Å². The van der Waals surface area contributed by atoms with Crippen molar-refractivity contribution in [3.8, 4) is 0 Å². The highest BCUT2D eigenvalue weighted by Crippen LogP contribution is 2.28. The summed E-state index contributed by atoms with van der Waals surface area (Å²) in [5.74, 6) is -3.90. The van der Waals surface area contributed by atoms with Crippen LogP contribution in [0.25, 0.3) is 0 Å². The van der Waals surface area contributed by atoms with Crippen LogP contribution in [0.5, 0.6) is 0 Å². The van der Waals surface area contributed by atoms with E-state index in [2.05, 4.69) is 5.32 Å². The molecule has 0 aliphatic carbocycles. The molecule has 2 rings (SSSR count). The fourth-order valence-corrected chi connectivity index (χ4v) is 2.51. The second-order valence-electron chi connectivity index (χ2n) is 3.80. The average Bonchev–Trinajstić information content (AvgIpc) is 2.72. The lowest BCUT2D eigenvalue weighted by Gasteiger charge is -2.14. The van der Waals surface area contributed by atoms with Gasteiger partial charge in [-0.05, 0) is 23.9 Å². The van der Waals surface area contributed by atoms with Gasteiger partial charge in [-0.1, -0.05) is 11.6 Å². The Morgan fingerprint density at radius 3 is 2.28 bits per heavy atom. The summed E-state index contributed by atoms with van der Waals surface area (Å²) in [7, 11) is 0. The summed E-state index contributed by atoms with van der Waals surface area (Å²) in [6, 6.07) is 3.42. The van der Waals surface area contributed by atoms with Crippen LogP contribution in [0.15, 0.2) is 23.6 Å². The summed E-state index contributed by atoms with van der Waals surface area (Å²) in [6.45, 7) is 1.82. The van der Waals surface area contributed by atoms with Crippen molar-refractivity contribution in [2.45, 2.75) is 13.0 Å². The van der Waals surface area contributed by atoms with E-state index in [1.54, 1.807) is 6.07 Å². The van der Waals surface area contributed by atoms with Crippen LogP contribution < -0.4 is 5.32 Å². The number of hydrogen-bond acceptors (Lipinski definition) is 2. The second kappa shape index (κ2) is 5.20. The molecule has 0 saturated heterocycles. The van der Waals surface area contributed by atoms with Crippen molar-refractivity contribution in [3.05, 3.63) is 50.9 Å². The van der Waals surface area contributed by atoms with E-state index in [9.17, 15) is 13.2 Å². The van der Waals surface area contributed by atoms with Crippen LogP contribution in [0.1, 0.15) is 18.5 Å². The molecule has 6 heteroatoms. The summed E-state index contributed by atoms with van der Waals surface area (Å²) in [6.07, 6.45) is 0. The number of rotatable bonds is 3. The standard InChI is InChI=1S/C12H9ClF3NS/c1-6(7-2-11(13)18-5-7)17-8-3-9(14)12(16)10(15)4-8/h2-6,17H,1H3. The van der Waals surface area contributed by atoms with Crippen molar-refractivity contribution in [1.29, 1.82) is 0 Å². The molecule has 0 aliphatic heterocycles. The zero-order valence-electron chi connectivity index (χ0n) is 9.31. The second-order valence-corrected chi connectivity index (χ2v) is 5.35. The highest BCUT2D eigenvalue weighted by molar-refractivity contribution is 7.14. The van der Waals surface area contributed by atoms with Crippen LogP contribution in [0.2, 0.25) is 4.34 Å². The van der Waals surface area contributed by atoms with Gasteiger partial charge in [0.1, 0.15) is 0 Å². The molecular formula is C12H9ClF3NS. The lowest BCUT2D eigenvalue weighted by molar-refractivity contribution is 0.447. The van der Waals surface area contributed by atoms with Crippen LogP contribution in [-0.2, 0) is 0 Å². The molecule has 1 atom stereocenters. The third-order valence-corrected chi connectivity index (χ3v) is 3.56. The number of anilines is 1. The fraction of sp³-hybridized carbons (Fsp3) is 0.167. The molecule has 0 bridgehead atoms. The van der Waals surface area contributed by atoms with Crippen LogP contribution in [-0.4, -0.2) is 0 Å². The first-order valence-electron chi connectivity index (χ1n) is 5.12. The zero-order valence-corrected chi connectivity index (χ0v) is 10.9. The van der Waals surface area contributed by atoms with Gasteiger partial charge >= 0.3 is 0 Å². The van der Waals surface area contributed by atoms with Gasteiger partial charge in [-0.2, -0.15) is 0 Å². The van der Waals surface area contributed by atoms with Gasteiger partial charge in [0.05, 0.1) is 4.34 Å². The molecule has 1 nitrogen and oxygen atoms in total.